The quantitative estimate of drug-likeness (QED) is 0.919. The maximum Gasteiger partial charge on any atom is 0.0947 e. The fourth-order valence-corrected chi connectivity index (χ4v) is 3.67. The number of rotatable bonds is 4. The normalized spacial score (nSPS) is 12.9. The van der Waals surface area contributed by atoms with E-state index < -0.39 is 0 Å². The maximum atomic E-state index is 6.14. The Kier molecular flexibility index (Phi) is 3.97. The van der Waals surface area contributed by atoms with Crippen molar-refractivity contribution < 1.29 is 0 Å². The molecular weight excluding hydrogens is 260 g/mol. The Morgan fingerprint density at radius 3 is 2.81 bits per heavy atom. The summed E-state index contributed by atoms with van der Waals surface area (Å²) in [6.45, 7) is 2.02. The van der Waals surface area contributed by atoms with Crippen LogP contribution in [0.25, 0.3) is 0 Å². The van der Waals surface area contributed by atoms with E-state index in [0.29, 0.717) is 0 Å². The van der Waals surface area contributed by atoms with E-state index in [-0.39, 0.29) is 6.04 Å². The molecule has 0 aliphatic rings. The van der Waals surface area contributed by atoms with Crippen molar-refractivity contribution in [3.05, 3.63) is 37.4 Å². The highest BCUT2D eigenvalue weighted by Crippen LogP contribution is 2.31. The Balaban J connectivity index is 2.15. The molecule has 0 spiro atoms. The average Bonchev–Trinajstić information content (AvgIpc) is 2.84. The van der Waals surface area contributed by atoms with Crippen LogP contribution in [0.2, 0.25) is 5.02 Å². The first-order chi connectivity index (χ1) is 7.70. The van der Waals surface area contributed by atoms with Gasteiger partial charge in [-0.3, -0.25) is 0 Å². The second-order valence-corrected chi connectivity index (χ2v) is 5.86. The van der Waals surface area contributed by atoms with Crippen molar-refractivity contribution in [2.75, 3.05) is 7.05 Å². The lowest BCUT2D eigenvalue weighted by atomic mass is 10.2. The van der Waals surface area contributed by atoms with E-state index in [1.807, 2.05) is 25.4 Å². The molecule has 0 aromatic carbocycles. The van der Waals surface area contributed by atoms with Crippen molar-refractivity contribution in [1.29, 1.82) is 0 Å². The number of hydrogen-bond donors (Lipinski definition) is 1. The zero-order valence-electron chi connectivity index (χ0n) is 9.16. The molecule has 86 valence electrons. The second-order valence-electron chi connectivity index (χ2n) is 3.56. The van der Waals surface area contributed by atoms with Gasteiger partial charge in [0.2, 0.25) is 0 Å². The molecule has 1 unspecified atom stereocenters. The molecule has 0 bridgehead atoms. The fourth-order valence-electron chi connectivity index (χ4n) is 1.55. The minimum Gasteiger partial charge on any atom is -0.312 e. The lowest BCUT2D eigenvalue weighted by molar-refractivity contribution is 0.600. The van der Waals surface area contributed by atoms with Gasteiger partial charge in [-0.1, -0.05) is 11.6 Å². The number of halogens is 1. The smallest absolute Gasteiger partial charge is 0.0947 e. The summed E-state index contributed by atoms with van der Waals surface area (Å²) >= 11 is 9.54. The van der Waals surface area contributed by atoms with Crippen LogP contribution in [0.4, 0.5) is 0 Å². The van der Waals surface area contributed by atoms with Crippen LogP contribution < -0.4 is 5.32 Å². The molecule has 2 heterocycles. The SMILES string of the molecule is CNC(Cc1nc(C)cs1)c1sccc1Cl. The van der Waals surface area contributed by atoms with Gasteiger partial charge in [-0.05, 0) is 25.4 Å². The third kappa shape index (κ3) is 2.63. The van der Waals surface area contributed by atoms with E-state index in [4.69, 9.17) is 11.6 Å². The number of thiazole rings is 1. The van der Waals surface area contributed by atoms with Gasteiger partial charge >= 0.3 is 0 Å². The van der Waals surface area contributed by atoms with Crippen molar-refractivity contribution >= 4 is 34.3 Å². The van der Waals surface area contributed by atoms with E-state index in [1.54, 1.807) is 22.7 Å². The van der Waals surface area contributed by atoms with E-state index in [9.17, 15) is 0 Å². The number of aryl methyl sites for hydroxylation is 1. The van der Waals surface area contributed by atoms with E-state index >= 15 is 0 Å². The van der Waals surface area contributed by atoms with Crippen LogP contribution in [-0.4, -0.2) is 12.0 Å². The molecule has 1 N–H and O–H groups in total. The first-order valence-electron chi connectivity index (χ1n) is 5.02. The van der Waals surface area contributed by atoms with Gasteiger partial charge in [-0.15, -0.1) is 22.7 Å². The summed E-state index contributed by atoms with van der Waals surface area (Å²) in [5.74, 6) is 0. The van der Waals surface area contributed by atoms with Crippen molar-refractivity contribution in [3.8, 4) is 0 Å². The number of hydrogen-bond acceptors (Lipinski definition) is 4. The molecule has 2 rings (SSSR count). The first-order valence-corrected chi connectivity index (χ1v) is 7.15. The molecule has 2 aromatic heterocycles. The number of aromatic nitrogens is 1. The molecule has 0 amide bonds. The van der Waals surface area contributed by atoms with Gasteiger partial charge in [0.05, 0.1) is 10.0 Å². The minimum atomic E-state index is 0.262. The van der Waals surface area contributed by atoms with Crippen LogP contribution in [0.5, 0.6) is 0 Å². The van der Waals surface area contributed by atoms with E-state index in [1.165, 1.54) is 4.88 Å². The number of likely N-dealkylation sites (N-methyl/N-ethyl adjacent to an activating group) is 1. The van der Waals surface area contributed by atoms with E-state index in [0.717, 1.165) is 22.1 Å². The summed E-state index contributed by atoms with van der Waals surface area (Å²) in [7, 11) is 1.96. The van der Waals surface area contributed by atoms with Gasteiger partial charge in [0.1, 0.15) is 0 Å². The average molecular weight is 273 g/mol. The monoisotopic (exact) mass is 272 g/mol. The molecular formula is C11H13ClN2S2. The van der Waals surface area contributed by atoms with Crippen LogP contribution in [0.15, 0.2) is 16.8 Å². The van der Waals surface area contributed by atoms with Gasteiger partial charge < -0.3 is 5.32 Å². The van der Waals surface area contributed by atoms with Gasteiger partial charge in [-0.2, -0.15) is 0 Å². The molecule has 0 fully saturated rings. The van der Waals surface area contributed by atoms with Crippen molar-refractivity contribution in [2.24, 2.45) is 0 Å². The van der Waals surface area contributed by atoms with Crippen molar-refractivity contribution in [3.63, 3.8) is 0 Å². The number of nitrogens with one attached hydrogen (secondary N) is 1. The Hall–Kier alpha value is -0.420. The molecule has 1 atom stereocenters. The molecule has 5 heteroatoms. The van der Waals surface area contributed by atoms with Crippen LogP contribution in [0.1, 0.15) is 21.6 Å². The standard InChI is InChI=1S/C11H13ClN2S2/c1-7-6-16-10(14-7)5-9(13-2)11-8(12)3-4-15-11/h3-4,6,9,13H,5H2,1-2H3. The zero-order valence-corrected chi connectivity index (χ0v) is 11.5. The molecule has 0 aliphatic carbocycles. The minimum absolute atomic E-state index is 0.262. The molecule has 2 aromatic rings. The Labute approximate surface area is 108 Å². The zero-order chi connectivity index (χ0) is 11.5. The lowest BCUT2D eigenvalue weighted by Crippen LogP contribution is -2.17. The highest BCUT2D eigenvalue weighted by molar-refractivity contribution is 7.10. The van der Waals surface area contributed by atoms with Crippen LogP contribution in [-0.2, 0) is 6.42 Å². The lowest BCUT2D eigenvalue weighted by Gasteiger charge is -2.13. The van der Waals surface area contributed by atoms with Gasteiger partial charge in [0.15, 0.2) is 0 Å². The highest BCUT2D eigenvalue weighted by Gasteiger charge is 2.16. The third-order valence-corrected chi connectivity index (χ3v) is 4.82. The molecule has 2 nitrogen and oxygen atoms in total. The molecule has 0 saturated heterocycles. The third-order valence-electron chi connectivity index (χ3n) is 2.36. The van der Waals surface area contributed by atoms with Crippen LogP contribution >= 0.6 is 34.3 Å². The van der Waals surface area contributed by atoms with E-state index in [2.05, 4.69) is 15.7 Å². The van der Waals surface area contributed by atoms with Gasteiger partial charge in [0, 0.05) is 28.4 Å². The summed E-state index contributed by atoms with van der Waals surface area (Å²) in [6, 6.07) is 2.21. The predicted octanol–water partition coefficient (Wildman–Crippen LogP) is 3.67. The van der Waals surface area contributed by atoms with Crippen LogP contribution in [0, 0.1) is 6.92 Å². The van der Waals surface area contributed by atoms with Gasteiger partial charge in [-0.25, -0.2) is 4.98 Å². The number of thiophene rings is 1. The summed E-state index contributed by atoms with van der Waals surface area (Å²) in [6.07, 6.45) is 0.898. The fraction of sp³-hybridized carbons (Fsp3) is 0.364. The Morgan fingerprint density at radius 2 is 2.31 bits per heavy atom. The van der Waals surface area contributed by atoms with Crippen molar-refractivity contribution in [1.82, 2.24) is 10.3 Å². The Morgan fingerprint density at radius 1 is 1.50 bits per heavy atom. The maximum absolute atomic E-state index is 6.14. The molecule has 0 radical (unpaired) electrons. The second kappa shape index (κ2) is 5.27. The predicted molar refractivity (Wildman–Crippen MR) is 71.7 cm³/mol. The number of nitrogens with zero attached hydrogens (tertiary/aromatic N) is 1. The summed E-state index contributed by atoms with van der Waals surface area (Å²) < 4.78 is 0. The van der Waals surface area contributed by atoms with Gasteiger partial charge in [0.25, 0.3) is 0 Å². The molecule has 16 heavy (non-hydrogen) atoms. The topological polar surface area (TPSA) is 24.9 Å². The highest BCUT2D eigenvalue weighted by atomic mass is 35.5. The van der Waals surface area contributed by atoms with Crippen molar-refractivity contribution in [2.45, 2.75) is 19.4 Å². The molecule has 0 aliphatic heterocycles. The molecule has 0 saturated carbocycles. The largest absolute Gasteiger partial charge is 0.312 e. The Bertz CT molecular complexity index is 464. The summed E-state index contributed by atoms with van der Waals surface area (Å²) in [5, 5.41) is 9.40. The summed E-state index contributed by atoms with van der Waals surface area (Å²) in [4.78, 5) is 5.67. The summed E-state index contributed by atoms with van der Waals surface area (Å²) in [5.41, 5.74) is 1.09. The van der Waals surface area contributed by atoms with Crippen LogP contribution in [0.3, 0.4) is 0 Å². The first kappa shape index (κ1) is 12.0.